The van der Waals surface area contributed by atoms with Gasteiger partial charge in [0.05, 0.1) is 25.3 Å². The summed E-state index contributed by atoms with van der Waals surface area (Å²) in [4.78, 5) is 14.3. The van der Waals surface area contributed by atoms with E-state index in [0.717, 1.165) is 12.5 Å². The molecule has 1 saturated carbocycles. The molecule has 144 valence electrons. The number of hydrogen-bond acceptors (Lipinski definition) is 4. The molecule has 0 aromatic heterocycles. The van der Waals surface area contributed by atoms with E-state index in [1.807, 2.05) is 6.92 Å². The first-order valence-electron chi connectivity index (χ1n) is 9.31. The van der Waals surface area contributed by atoms with Gasteiger partial charge >= 0.3 is 0 Å². The first-order valence-corrected chi connectivity index (χ1v) is 9.69. The number of rotatable bonds is 8. The van der Waals surface area contributed by atoms with Crippen molar-refractivity contribution in [2.45, 2.75) is 31.9 Å². The molecule has 2 fully saturated rings. The standard InChI is InChI=1S/C19H27ClFN3O2/c1-13-12-24(7-8-26-13)17(19-15(20)3-2-4-16(19)21)10-23-18(25)11-22-9-14-5-6-14/h2-4,13-14,17,22H,5-12H2,1H3,(H,23,25). The Hall–Kier alpha value is -1.21. The molecule has 2 unspecified atom stereocenters. The number of nitrogens with zero attached hydrogens (tertiary/aromatic N) is 1. The summed E-state index contributed by atoms with van der Waals surface area (Å²) in [6.45, 7) is 5.41. The molecule has 1 aliphatic heterocycles. The van der Waals surface area contributed by atoms with Gasteiger partial charge in [-0.15, -0.1) is 0 Å². The molecule has 0 radical (unpaired) electrons. The molecule has 1 aromatic rings. The van der Waals surface area contributed by atoms with E-state index in [4.69, 9.17) is 16.3 Å². The van der Waals surface area contributed by atoms with Crippen LogP contribution in [0.4, 0.5) is 4.39 Å². The maximum absolute atomic E-state index is 14.5. The number of benzene rings is 1. The zero-order valence-electron chi connectivity index (χ0n) is 15.1. The second kappa shape index (κ2) is 9.13. The van der Waals surface area contributed by atoms with Crippen molar-refractivity contribution in [3.63, 3.8) is 0 Å². The SMILES string of the molecule is CC1CN(C(CNC(=O)CNCC2CC2)c2c(F)cccc2Cl)CCO1. The molecule has 3 rings (SSSR count). The van der Waals surface area contributed by atoms with Crippen molar-refractivity contribution in [2.75, 3.05) is 39.3 Å². The molecule has 26 heavy (non-hydrogen) atoms. The van der Waals surface area contributed by atoms with E-state index in [1.54, 1.807) is 12.1 Å². The van der Waals surface area contributed by atoms with Crippen LogP contribution in [0.3, 0.4) is 0 Å². The van der Waals surface area contributed by atoms with Gasteiger partial charge < -0.3 is 15.4 Å². The molecule has 2 aliphatic rings. The molecular formula is C19H27ClFN3O2. The summed E-state index contributed by atoms with van der Waals surface area (Å²) in [6.07, 6.45) is 2.56. The Balaban J connectivity index is 1.65. The molecule has 7 heteroatoms. The number of nitrogens with one attached hydrogen (secondary N) is 2. The fourth-order valence-electron chi connectivity index (χ4n) is 3.36. The summed E-state index contributed by atoms with van der Waals surface area (Å²) in [5.41, 5.74) is 0.439. The monoisotopic (exact) mass is 383 g/mol. The molecular weight excluding hydrogens is 357 g/mol. The van der Waals surface area contributed by atoms with Crippen LogP contribution in [0.25, 0.3) is 0 Å². The van der Waals surface area contributed by atoms with Gasteiger partial charge in [0.1, 0.15) is 5.82 Å². The minimum atomic E-state index is -0.345. The minimum Gasteiger partial charge on any atom is -0.376 e. The zero-order chi connectivity index (χ0) is 18.5. The molecule has 5 nitrogen and oxygen atoms in total. The molecule has 1 heterocycles. The van der Waals surface area contributed by atoms with Gasteiger partial charge in [-0.3, -0.25) is 9.69 Å². The van der Waals surface area contributed by atoms with Crippen molar-refractivity contribution >= 4 is 17.5 Å². The van der Waals surface area contributed by atoms with Crippen molar-refractivity contribution < 1.29 is 13.9 Å². The summed E-state index contributed by atoms with van der Waals surface area (Å²) < 4.78 is 20.1. The Morgan fingerprint density at radius 1 is 1.46 bits per heavy atom. The number of morpholine rings is 1. The molecule has 1 saturated heterocycles. The summed E-state index contributed by atoms with van der Waals surface area (Å²) in [5.74, 6) is 0.301. The van der Waals surface area contributed by atoms with Crippen molar-refractivity contribution in [3.05, 3.63) is 34.6 Å². The molecule has 1 aromatic carbocycles. The van der Waals surface area contributed by atoms with E-state index in [2.05, 4.69) is 15.5 Å². The second-order valence-electron chi connectivity index (χ2n) is 7.21. The van der Waals surface area contributed by atoms with Gasteiger partial charge in [0.15, 0.2) is 0 Å². The van der Waals surface area contributed by atoms with Crippen LogP contribution in [0, 0.1) is 11.7 Å². The van der Waals surface area contributed by atoms with Crippen LogP contribution in [0.5, 0.6) is 0 Å². The fourth-order valence-corrected chi connectivity index (χ4v) is 3.65. The van der Waals surface area contributed by atoms with Crippen LogP contribution in [-0.4, -0.2) is 56.2 Å². The molecule has 1 amide bonds. The number of hydrogen-bond donors (Lipinski definition) is 2. The highest BCUT2D eigenvalue weighted by Crippen LogP contribution is 2.31. The van der Waals surface area contributed by atoms with Crippen LogP contribution in [0.1, 0.15) is 31.4 Å². The van der Waals surface area contributed by atoms with Gasteiger partial charge in [-0.2, -0.15) is 0 Å². The number of amides is 1. The third-order valence-corrected chi connectivity index (χ3v) is 5.28. The Morgan fingerprint density at radius 2 is 2.27 bits per heavy atom. The largest absolute Gasteiger partial charge is 0.376 e. The zero-order valence-corrected chi connectivity index (χ0v) is 15.9. The summed E-state index contributed by atoms with van der Waals surface area (Å²) in [6, 6.07) is 4.38. The summed E-state index contributed by atoms with van der Waals surface area (Å²) in [5, 5.41) is 6.49. The lowest BCUT2D eigenvalue weighted by Gasteiger charge is -2.38. The molecule has 0 spiro atoms. The maximum Gasteiger partial charge on any atom is 0.234 e. The van der Waals surface area contributed by atoms with E-state index in [1.165, 1.54) is 18.9 Å². The molecule has 1 aliphatic carbocycles. The minimum absolute atomic E-state index is 0.0627. The Labute approximate surface area is 159 Å². The lowest BCUT2D eigenvalue weighted by atomic mass is 10.0. The summed E-state index contributed by atoms with van der Waals surface area (Å²) >= 11 is 6.30. The van der Waals surface area contributed by atoms with Gasteiger partial charge in [0.2, 0.25) is 5.91 Å². The summed E-state index contributed by atoms with van der Waals surface area (Å²) in [7, 11) is 0. The normalized spacial score (nSPS) is 22.2. The second-order valence-corrected chi connectivity index (χ2v) is 7.61. The quantitative estimate of drug-likeness (QED) is 0.723. The van der Waals surface area contributed by atoms with Crippen molar-refractivity contribution in [1.29, 1.82) is 0 Å². The van der Waals surface area contributed by atoms with Gasteiger partial charge in [0.25, 0.3) is 0 Å². The van der Waals surface area contributed by atoms with Crippen molar-refractivity contribution in [1.82, 2.24) is 15.5 Å². The third kappa shape index (κ3) is 5.39. The predicted octanol–water partition coefficient (Wildman–Crippen LogP) is 2.36. The van der Waals surface area contributed by atoms with Gasteiger partial charge in [0, 0.05) is 30.2 Å². The number of carbonyl (C=O) groups excluding carboxylic acids is 1. The number of carbonyl (C=O) groups is 1. The highest BCUT2D eigenvalue weighted by molar-refractivity contribution is 6.31. The van der Waals surface area contributed by atoms with Crippen LogP contribution in [-0.2, 0) is 9.53 Å². The maximum atomic E-state index is 14.5. The van der Waals surface area contributed by atoms with Crippen LogP contribution in [0.15, 0.2) is 18.2 Å². The topological polar surface area (TPSA) is 53.6 Å². The average molecular weight is 384 g/mol. The smallest absolute Gasteiger partial charge is 0.234 e. The van der Waals surface area contributed by atoms with Crippen LogP contribution >= 0.6 is 11.6 Å². The molecule has 0 bridgehead atoms. The van der Waals surface area contributed by atoms with E-state index < -0.39 is 0 Å². The van der Waals surface area contributed by atoms with Gasteiger partial charge in [-0.1, -0.05) is 17.7 Å². The Kier molecular flexibility index (Phi) is 6.86. The number of ether oxygens (including phenoxy) is 1. The first kappa shape index (κ1) is 19.5. The van der Waals surface area contributed by atoms with Gasteiger partial charge in [-0.25, -0.2) is 4.39 Å². The number of halogens is 2. The van der Waals surface area contributed by atoms with E-state index in [0.29, 0.717) is 36.8 Å². The highest BCUT2D eigenvalue weighted by Gasteiger charge is 2.29. The van der Waals surface area contributed by atoms with Crippen molar-refractivity contribution in [3.8, 4) is 0 Å². The van der Waals surface area contributed by atoms with E-state index in [9.17, 15) is 9.18 Å². The lowest BCUT2D eigenvalue weighted by molar-refractivity contribution is -0.120. The van der Waals surface area contributed by atoms with Crippen molar-refractivity contribution in [2.24, 2.45) is 5.92 Å². The van der Waals surface area contributed by atoms with E-state index >= 15 is 0 Å². The molecule has 2 atom stereocenters. The predicted molar refractivity (Wildman–Crippen MR) is 99.7 cm³/mol. The first-order chi connectivity index (χ1) is 12.5. The van der Waals surface area contributed by atoms with Crippen LogP contribution in [0.2, 0.25) is 5.02 Å². The Morgan fingerprint density at radius 3 is 2.96 bits per heavy atom. The third-order valence-electron chi connectivity index (χ3n) is 4.95. The average Bonchev–Trinajstić information content (AvgIpc) is 3.41. The lowest BCUT2D eigenvalue weighted by Crippen LogP contribution is -2.47. The fraction of sp³-hybridized carbons (Fsp3) is 0.632. The van der Waals surface area contributed by atoms with Crippen LogP contribution < -0.4 is 10.6 Å². The van der Waals surface area contributed by atoms with E-state index in [-0.39, 0.29) is 30.4 Å². The molecule has 2 N–H and O–H groups in total. The highest BCUT2D eigenvalue weighted by atomic mass is 35.5. The Bertz CT molecular complexity index is 607. The van der Waals surface area contributed by atoms with Gasteiger partial charge in [-0.05, 0) is 44.4 Å².